The Morgan fingerprint density at radius 3 is 2.19 bits per heavy atom. The van der Waals surface area contributed by atoms with Gasteiger partial charge in [-0.15, -0.1) is 0 Å². The molecular weight excluding hydrogens is 414 g/mol. The normalized spacial score (nSPS) is 10.7. The summed E-state index contributed by atoms with van der Waals surface area (Å²) in [4.78, 5) is 13.1. The van der Waals surface area contributed by atoms with E-state index in [1.807, 2.05) is 19.1 Å². The number of aryl methyl sites for hydroxylation is 1. The first-order valence-electron chi connectivity index (χ1n) is 9.93. The van der Waals surface area contributed by atoms with Crippen molar-refractivity contribution in [2.75, 3.05) is 19.5 Å². The average molecular weight is 440 g/mol. The number of carbonyl (C=O) groups is 1. The lowest BCUT2D eigenvalue weighted by Gasteiger charge is -2.17. The fourth-order valence-corrected chi connectivity index (χ4v) is 3.39. The molecular formula is C25H26ClNO4. The number of amides is 1. The number of carbonyl (C=O) groups excluding carboxylic acids is 1. The van der Waals surface area contributed by atoms with E-state index in [1.165, 1.54) is 0 Å². The third-order valence-electron chi connectivity index (χ3n) is 4.92. The van der Waals surface area contributed by atoms with Crippen molar-refractivity contribution in [1.82, 2.24) is 0 Å². The maximum atomic E-state index is 13.1. The first kappa shape index (κ1) is 22.5. The van der Waals surface area contributed by atoms with E-state index in [-0.39, 0.29) is 11.8 Å². The smallest absolute Gasteiger partial charge is 0.256 e. The predicted molar refractivity (Wildman–Crippen MR) is 124 cm³/mol. The van der Waals surface area contributed by atoms with E-state index in [0.717, 1.165) is 22.6 Å². The maximum Gasteiger partial charge on any atom is 0.256 e. The number of benzene rings is 3. The Morgan fingerprint density at radius 1 is 0.903 bits per heavy atom. The van der Waals surface area contributed by atoms with E-state index in [2.05, 4.69) is 19.2 Å². The molecule has 6 heteroatoms. The van der Waals surface area contributed by atoms with E-state index in [4.69, 9.17) is 25.8 Å². The van der Waals surface area contributed by atoms with Crippen LogP contribution >= 0.6 is 11.6 Å². The van der Waals surface area contributed by atoms with Crippen molar-refractivity contribution in [3.8, 4) is 23.0 Å². The van der Waals surface area contributed by atoms with Gasteiger partial charge in [0.25, 0.3) is 5.91 Å². The Morgan fingerprint density at radius 2 is 1.58 bits per heavy atom. The van der Waals surface area contributed by atoms with Crippen LogP contribution < -0.4 is 19.5 Å². The highest BCUT2D eigenvalue weighted by Crippen LogP contribution is 2.34. The molecule has 0 saturated carbocycles. The first-order valence-corrected chi connectivity index (χ1v) is 10.3. The lowest BCUT2D eigenvalue weighted by Crippen LogP contribution is -2.15. The average Bonchev–Trinajstić information content (AvgIpc) is 2.75. The van der Waals surface area contributed by atoms with Gasteiger partial charge < -0.3 is 19.5 Å². The Hall–Kier alpha value is -3.18. The van der Waals surface area contributed by atoms with E-state index in [1.54, 1.807) is 56.7 Å². The molecule has 0 heterocycles. The number of hydrogen-bond acceptors (Lipinski definition) is 4. The fourth-order valence-electron chi connectivity index (χ4n) is 3.22. The summed E-state index contributed by atoms with van der Waals surface area (Å²) in [6.45, 7) is 6.01. The molecule has 0 atom stereocenters. The van der Waals surface area contributed by atoms with Gasteiger partial charge in [0.1, 0.15) is 17.2 Å². The molecule has 3 aromatic carbocycles. The lowest BCUT2D eigenvalue weighted by atomic mass is 9.96. The van der Waals surface area contributed by atoms with Crippen molar-refractivity contribution in [3.05, 3.63) is 76.3 Å². The van der Waals surface area contributed by atoms with Gasteiger partial charge in [0.15, 0.2) is 5.75 Å². The molecule has 162 valence electrons. The van der Waals surface area contributed by atoms with Crippen LogP contribution in [0, 0.1) is 6.92 Å². The maximum absolute atomic E-state index is 13.1. The summed E-state index contributed by atoms with van der Waals surface area (Å²) in [6, 6.07) is 16.1. The van der Waals surface area contributed by atoms with Crippen LogP contribution in [0.4, 0.5) is 5.69 Å². The molecule has 0 aliphatic rings. The highest BCUT2D eigenvalue weighted by atomic mass is 35.5. The van der Waals surface area contributed by atoms with Gasteiger partial charge in [0, 0.05) is 10.6 Å². The zero-order chi connectivity index (χ0) is 22.5. The molecule has 0 unspecified atom stereocenters. The number of halogens is 1. The highest BCUT2D eigenvalue weighted by Gasteiger charge is 2.18. The Bertz CT molecular complexity index is 1080. The van der Waals surface area contributed by atoms with Crippen LogP contribution in [0.5, 0.6) is 23.0 Å². The van der Waals surface area contributed by atoms with Gasteiger partial charge in [-0.05, 0) is 78.6 Å². The first-order chi connectivity index (χ1) is 14.8. The highest BCUT2D eigenvalue weighted by molar-refractivity contribution is 6.31. The third kappa shape index (κ3) is 5.30. The third-order valence-corrected chi connectivity index (χ3v) is 5.16. The van der Waals surface area contributed by atoms with Gasteiger partial charge in [-0.3, -0.25) is 4.79 Å². The number of ether oxygens (including phenoxy) is 3. The van der Waals surface area contributed by atoms with Crippen LogP contribution in [0.3, 0.4) is 0 Å². The summed E-state index contributed by atoms with van der Waals surface area (Å²) in [5.41, 5.74) is 2.84. The minimum Gasteiger partial charge on any atom is -0.497 e. The Labute approximate surface area is 187 Å². The summed E-state index contributed by atoms with van der Waals surface area (Å²) in [7, 11) is 3.24. The van der Waals surface area contributed by atoms with E-state index in [9.17, 15) is 4.79 Å². The molecule has 3 rings (SSSR count). The quantitative estimate of drug-likeness (QED) is 0.438. The monoisotopic (exact) mass is 439 g/mol. The molecule has 0 aliphatic heterocycles. The lowest BCUT2D eigenvalue weighted by molar-refractivity contribution is 0.102. The molecule has 0 aliphatic carbocycles. The number of hydrogen-bond donors (Lipinski definition) is 1. The molecule has 5 nitrogen and oxygen atoms in total. The largest absolute Gasteiger partial charge is 0.497 e. The molecule has 0 bridgehead atoms. The van der Waals surface area contributed by atoms with E-state index in [0.29, 0.717) is 27.8 Å². The SMILES string of the molecule is COc1ccc(Oc2ccc(Cl)cc2NC(=O)c2cc(C(C)C)c(OC)cc2C)cc1. The molecule has 1 N–H and O–H groups in total. The molecule has 1 amide bonds. The van der Waals surface area contributed by atoms with Crippen LogP contribution in [-0.4, -0.2) is 20.1 Å². The van der Waals surface area contributed by atoms with Gasteiger partial charge in [0.2, 0.25) is 0 Å². The second-order valence-corrected chi connectivity index (χ2v) is 7.87. The Kier molecular flexibility index (Phi) is 7.08. The molecule has 31 heavy (non-hydrogen) atoms. The van der Waals surface area contributed by atoms with Gasteiger partial charge in [-0.25, -0.2) is 0 Å². The molecule has 0 radical (unpaired) electrons. The van der Waals surface area contributed by atoms with Crippen molar-refractivity contribution in [3.63, 3.8) is 0 Å². The summed E-state index contributed by atoms with van der Waals surface area (Å²) in [5.74, 6) is 2.56. The van der Waals surface area contributed by atoms with E-state index < -0.39 is 0 Å². The van der Waals surface area contributed by atoms with Crippen molar-refractivity contribution in [2.24, 2.45) is 0 Å². The van der Waals surface area contributed by atoms with Crippen LogP contribution in [0.2, 0.25) is 5.02 Å². The van der Waals surface area contributed by atoms with Gasteiger partial charge in [-0.1, -0.05) is 25.4 Å². The predicted octanol–water partition coefficient (Wildman–Crippen LogP) is 6.83. The van der Waals surface area contributed by atoms with Crippen LogP contribution in [0.1, 0.15) is 41.3 Å². The van der Waals surface area contributed by atoms with Crippen molar-refractivity contribution < 1.29 is 19.0 Å². The van der Waals surface area contributed by atoms with Crippen LogP contribution in [-0.2, 0) is 0 Å². The zero-order valence-electron chi connectivity index (χ0n) is 18.3. The van der Waals surface area contributed by atoms with E-state index >= 15 is 0 Å². The van der Waals surface area contributed by atoms with Gasteiger partial charge in [-0.2, -0.15) is 0 Å². The van der Waals surface area contributed by atoms with Crippen LogP contribution in [0.25, 0.3) is 0 Å². The van der Waals surface area contributed by atoms with Gasteiger partial charge >= 0.3 is 0 Å². The number of methoxy groups -OCH3 is 2. The zero-order valence-corrected chi connectivity index (χ0v) is 19.0. The van der Waals surface area contributed by atoms with Crippen molar-refractivity contribution in [1.29, 1.82) is 0 Å². The topological polar surface area (TPSA) is 56.8 Å². The molecule has 0 aromatic heterocycles. The van der Waals surface area contributed by atoms with Crippen LogP contribution in [0.15, 0.2) is 54.6 Å². The number of anilines is 1. The molecule has 0 saturated heterocycles. The number of nitrogens with one attached hydrogen (secondary N) is 1. The molecule has 3 aromatic rings. The standard InChI is InChI=1S/C25H26ClNO4/c1-15(2)20-14-21(16(3)12-24(20)30-5)25(28)27-22-13-17(26)6-11-23(22)31-19-9-7-18(29-4)8-10-19/h6-15H,1-5H3,(H,27,28). The fraction of sp³-hybridized carbons (Fsp3) is 0.240. The molecule has 0 fully saturated rings. The van der Waals surface area contributed by atoms with Gasteiger partial charge in [0.05, 0.1) is 19.9 Å². The second-order valence-electron chi connectivity index (χ2n) is 7.44. The summed E-state index contributed by atoms with van der Waals surface area (Å²) in [5, 5.41) is 3.43. The Balaban J connectivity index is 1.91. The molecule has 0 spiro atoms. The number of rotatable bonds is 7. The summed E-state index contributed by atoms with van der Waals surface area (Å²) in [6.07, 6.45) is 0. The summed E-state index contributed by atoms with van der Waals surface area (Å²) < 4.78 is 16.6. The second kappa shape index (κ2) is 9.75. The van der Waals surface area contributed by atoms with Crippen molar-refractivity contribution in [2.45, 2.75) is 26.7 Å². The summed E-state index contributed by atoms with van der Waals surface area (Å²) >= 11 is 6.19. The minimum atomic E-state index is -0.246. The minimum absolute atomic E-state index is 0.210. The van der Waals surface area contributed by atoms with Crippen molar-refractivity contribution >= 4 is 23.2 Å².